The van der Waals surface area contributed by atoms with Gasteiger partial charge in [0.2, 0.25) is 0 Å². The van der Waals surface area contributed by atoms with E-state index in [-0.39, 0.29) is 0 Å². The Balaban J connectivity index is 1.82. The molecule has 1 aliphatic rings. The maximum Gasteiger partial charge on any atom is 0.119 e. The van der Waals surface area contributed by atoms with Crippen molar-refractivity contribution in [3.63, 3.8) is 0 Å². The molecule has 1 aromatic carbocycles. The smallest absolute Gasteiger partial charge is 0.119 e. The zero-order chi connectivity index (χ0) is 15.1. The normalized spacial score (nSPS) is 16.9. The lowest BCUT2D eigenvalue weighted by Crippen LogP contribution is -2.19. The topological polar surface area (TPSA) is 9.23 Å². The van der Waals surface area contributed by atoms with Gasteiger partial charge in [-0.3, -0.25) is 0 Å². The van der Waals surface area contributed by atoms with Crippen LogP contribution in [0.5, 0.6) is 5.75 Å². The molecule has 2 rings (SSSR count). The third kappa shape index (κ3) is 4.49. The second kappa shape index (κ2) is 7.87. The summed E-state index contributed by atoms with van der Waals surface area (Å²) in [4.78, 5) is 0. The summed E-state index contributed by atoms with van der Waals surface area (Å²) >= 11 is 0. The fraction of sp³-hybridized carbons (Fsp3) is 0.700. The molecule has 0 N–H and O–H groups in total. The first-order valence-electron chi connectivity index (χ1n) is 8.91. The van der Waals surface area contributed by atoms with Gasteiger partial charge in [0.05, 0.1) is 6.61 Å². The van der Waals surface area contributed by atoms with E-state index in [2.05, 4.69) is 45.0 Å². The molecule has 0 spiro atoms. The predicted molar refractivity (Wildman–Crippen MR) is 91.1 cm³/mol. The number of ether oxygens (including phenoxy) is 1. The van der Waals surface area contributed by atoms with Crippen LogP contribution in [0.1, 0.15) is 77.7 Å². The van der Waals surface area contributed by atoms with Crippen LogP contribution in [-0.2, 0) is 5.41 Å². The first kappa shape index (κ1) is 16.4. The lowest BCUT2D eigenvalue weighted by Gasteiger charge is -2.27. The molecular weight excluding hydrogens is 256 g/mol. The van der Waals surface area contributed by atoms with Crippen LogP contribution in [0.25, 0.3) is 0 Å². The van der Waals surface area contributed by atoms with Gasteiger partial charge in [-0.1, -0.05) is 65.0 Å². The molecule has 0 saturated heterocycles. The fourth-order valence-electron chi connectivity index (χ4n) is 3.43. The van der Waals surface area contributed by atoms with E-state index in [1.54, 1.807) is 0 Å². The van der Waals surface area contributed by atoms with Gasteiger partial charge >= 0.3 is 0 Å². The van der Waals surface area contributed by atoms with E-state index in [0.717, 1.165) is 18.3 Å². The number of hydrogen-bond donors (Lipinski definition) is 0. The molecule has 1 saturated carbocycles. The predicted octanol–water partition coefficient (Wildman–Crippen LogP) is 6.11. The molecule has 1 heteroatoms. The van der Waals surface area contributed by atoms with Crippen molar-refractivity contribution in [1.82, 2.24) is 0 Å². The van der Waals surface area contributed by atoms with Gasteiger partial charge in [-0.05, 0) is 48.3 Å². The summed E-state index contributed by atoms with van der Waals surface area (Å²) in [5, 5.41) is 0. The fourth-order valence-corrected chi connectivity index (χ4v) is 3.43. The molecule has 118 valence electrons. The van der Waals surface area contributed by atoms with Crippen molar-refractivity contribution >= 4 is 0 Å². The zero-order valence-electron chi connectivity index (χ0n) is 14.2. The van der Waals surface area contributed by atoms with E-state index in [4.69, 9.17) is 4.74 Å². The molecule has 0 amide bonds. The summed E-state index contributed by atoms with van der Waals surface area (Å²) in [5.74, 6) is 1.94. The van der Waals surface area contributed by atoms with Crippen LogP contribution in [0, 0.1) is 5.92 Å². The Morgan fingerprint density at radius 3 is 2.19 bits per heavy atom. The third-order valence-electron chi connectivity index (χ3n) is 5.63. The number of hydrogen-bond acceptors (Lipinski definition) is 1. The van der Waals surface area contributed by atoms with E-state index in [0.29, 0.717) is 5.41 Å². The Labute approximate surface area is 131 Å². The van der Waals surface area contributed by atoms with Crippen LogP contribution in [-0.4, -0.2) is 6.61 Å². The Hall–Kier alpha value is -0.980. The Bertz CT molecular complexity index is 396. The van der Waals surface area contributed by atoms with Crippen molar-refractivity contribution in [3.8, 4) is 5.75 Å². The van der Waals surface area contributed by atoms with Gasteiger partial charge in [-0.2, -0.15) is 0 Å². The van der Waals surface area contributed by atoms with Crippen LogP contribution >= 0.6 is 0 Å². The van der Waals surface area contributed by atoms with Crippen molar-refractivity contribution in [2.75, 3.05) is 6.61 Å². The largest absolute Gasteiger partial charge is 0.494 e. The molecule has 0 aliphatic heterocycles. The van der Waals surface area contributed by atoms with E-state index < -0.39 is 0 Å². The summed E-state index contributed by atoms with van der Waals surface area (Å²) in [7, 11) is 0. The van der Waals surface area contributed by atoms with E-state index >= 15 is 0 Å². The van der Waals surface area contributed by atoms with Crippen LogP contribution in [0.4, 0.5) is 0 Å². The first-order valence-corrected chi connectivity index (χ1v) is 8.91. The molecule has 0 radical (unpaired) electrons. The zero-order valence-corrected chi connectivity index (χ0v) is 14.2. The van der Waals surface area contributed by atoms with E-state index in [1.807, 2.05) is 0 Å². The maximum atomic E-state index is 5.94. The average Bonchev–Trinajstić information content (AvgIpc) is 2.56. The number of rotatable bonds is 7. The molecular formula is C20H32O. The van der Waals surface area contributed by atoms with Gasteiger partial charge in [-0.15, -0.1) is 0 Å². The quantitative estimate of drug-likeness (QED) is 0.588. The highest BCUT2D eigenvalue weighted by Gasteiger charge is 2.21. The van der Waals surface area contributed by atoms with Gasteiger partial charge in [0.25, 0.3) is 0 Å². The monoisotopic (exact) mass is 288 g/mol. The minimum Gasteiger partial charge on any atom is -0.494 e. The van der Waals surface area contributed by atoms with Crippen molar-refractivity contribution < 1.29 is 4.74 Å². The molecule has 1 aliphatic carbocycles. The third-order valence-corrected chi connectivity index (χ3v) is 5.63. The van der Waals surface area contributed by atoms with Crippen molar-refractivity contribution in [2.45, 2.75) is 77.6 Å². The SMILES string of the molecule is CCC(C)(CC)c1ccc(OCCC2CCCCC2)cc1. The molecule has 0 aromatic heterocycles. The summed E-state index contributed by atoms with van der Waals surface area (Å²) in [6.07, 6.45) is 10.7. The second-order valence-electron chi connectivity index (χ2n) is 6.93. The van der Waals surface area contributed by atoms with Gasteiger partial charge in [0, 0.05) is 0 Å². The molecule has 0 heterocycles. The highest BCUT2D eigenvalue weighted by Crippen LogP contribution is 2.32. The number of benzene rings is 1. The lowest BCUT2D eigenvalue weighted by atomic mass is 9.78. The second-order valence-corrected chi connectivity index (χ2v) is 6.93. The van der Waals surface area contributed by atoms with Crippen molar-refractivity contribution in [2.24, 2.45) is 5.92 Å². The molecule has 21 heavy (non-hydrogen) atoms. The lowest BCUT2D eigenvalue weighted by molar-refractivity contribution is 0.246. The van der Waals surface area contributed by atoms with Gasteiger partial charge < -0.3 is 4.74 Å². The summed E-state index contributed by atoms with van der Waals surface area (Å²) < 4.78 is 5.94. The Kier molecular flexibility index (Phi) is 6.14. The molecule has 0 unspecified atom stereocenters. The minimum atomic E-state index is 0.306. The first-order chi connectivity index (χ1) is 10.2. The van der Waals surface area contributed by atoms with Crippen LogP contribution in [0.2, 0.25) is 0 Å². The molecule has 1 aromatic rings. The highest BCUT2D eigenvalue weighted by atomic mass is 16.5. The van der Waals surface area contributed by atoms with Crippen molar-refractivity contribution in [1.29, 1.82) is 0 Å². The average molecular weight is 288 g/mol. The van der Waals surface area contributed by atoms with E-state index in [9.17, 15) is 0 Å². The van der Waals surface area contributed by atoms with Gasteiger partial charge in [-0.25, -0.2) is 0 Å². The molecule has 1 fully saturated rings. The standard InChI is InChI=1S/C20H32O/c1-4-20(3,5-2)18-11-13-19(14-12-18)21-16-15-17-9-7-6-8-10-17/h11-14,17H,4-10,15-16H2,1-3H3. The highest BCUT2D eigenvalue weighted by molar-refractivity contribution is 5.31. The van der Waals surface area contributed by atoms with Crippen molar-refractivity contribution in [3.05, 3.63) is 29.8 Å². The molecule has 0 atom stereocenters. The summed E-state index contributed by atoms with van der Waals surface area (Å²) in [6.45, 7) is 7.78. The van der Waals surface area contributed by atoms with Gasteiger partial charge in [0.15, 0.2) is 0 Å². The Morgan fingerprint density at radius 2 is 1.62 bits per heavy atom. The summed E-state index contributed by atoms with van der Waals surface area (Å²) in [5.41, 5.74) is 1.74. The van der Waals surface area contributed by atoms with Crippen LogP contribution in [0.3, 0.4) is 0 Å². The Morgan fingerprint density at radius 1 is 1.00 bits per heavy atom. The summed E-state index contributed by atoms with van der Waals surface area (Å²) in [6, 6.07) is 8.81. The maximum absolute atomic E-state index is 5.94. The van der Waals surface area contributed by atoms with Crippen LogP contribution < -0.4 is 4.74 Å². The van der Waals surface area contributed by atoms with E-state index in [1.165, 1.54) is 56.9 Å². The molecule has 1 nitrogen and oxygen atoms in total. The van der Waals surface area contributed by atoms with Gasteiger partial charge in [0.1, 0.15) is 5.75 Å². The minimum absolute atomic E-state index is 0.306. The van der Waals surface area contributed by atoms with Crippen LogP contribution in [0.15, 0.2) is 24.3 Å². The molecule has 0 bridgehead atoms.